The first-order valence-electron chi connectivity index (χ1n) is 6.11. The Morgan fingerprint density at radius 3 is 2.53 bits per heavy atom. The molecule has 0 spiro atoms. The monoisotopic (exact) mass is 250 g/mol. The molecule has 3 rings (SSSR count). The highest BCUT2D eigenvalue weighted by atomic mass is 16.5. The molecular formula is C16H14N2O. The van der Waals surface area contributed by atoms with E-state index in [0.29, 0.717) is 0 Å². The Balaban J connectivity index is 1.87. The number of rotatable bonds is 3. The van der Waals surface area contributed by atoms with Gasteiger partial charge in [0.25, 0.3) is 0 Å². The zero-order chi connectivity index (χ0) is 13.1. The summed E-state index contributed by atoms with van der Waals surface area (Å²) in [7, 11) is 1.67. The third kappa shape index (κ3) is 2.50. The summed E-state index contributed by atoms with van der Waals surface area (Å²) in [4.78, 5) is 4.31. The maximum absolute atomic E-state index is 5.14. The number of pyridine rings is 1. The molecule has 0 unspecified atom stereocenters. The van der Waals surface area contributed by atoms with Crippen LogP contribution >= 0.6 is 0 Å². The van der Waals surface area contributed by atoms with Gasteiger partial charge in [-0.25, -0.2) is 0 Å². The molecule has 1 N–H and O–H groups in total. The van der Waals surface area contributed by atoms with Gasteiger partial charge in [0, 0.05) is 23.0 Å². The van der Waals surface area contributed by atoms with E-state index >= 15 is 0 Å². The summed E-state index contributed by atoms with van der Waals surface area (Å²) >= 11 is 0. The Labute approximate surface area is 111 Å². The van der Waals surface area contributed by atoms with Crippen molar-refractivity contribution in [2.75, 3.05) is 12.4 Å². The number of benzene rings is 2. The molecule has 94 valence electrons. The van der Waals surface area contributed by atoms with E-state index < -0.39 is 0 Å². The van der Waals surface area contributed by atoms with Gasteiger partial charge in [0.15, 0.2) is 0 Å². The van der Waals surface area contributed by atoms with Gasteiger partial charge >= 0.3 is 0 Å². The first-order valence-corrected chi connectivity index (χ1v) is 6.11. The van der Waals surface area contributed by atoms with E-state index in [-0.39, 0.29) is 0 Å². The lowest BCUT2D eigenvalue weighted by Gasteiger charge is -2.08. The van der Waals surface area contributed by atoms with Crippen molar-refractivity contribution in [3.05, 3.63) is 60.8 Å². The molecule has 0 aliphatic heterocycles. The molecule has 3 heteroatoms. The van der Waals surface area contributed by atoms with Crippen LogP contribution in [0.15, 0.2) is 60.8 Å². The average Bonchev–Trinajstić information content (AvgIpc) is 2.48. The van der Waals surface area contributed by atoms with E-state index in [0.717, 1.165) is 28.0 Å². The summed E-state index contributed by atoms with van der Waals surface area (Å²) in [5, 5.41) is 4.49. The molecule has 0 saturated carbocycles. The van der Waals surface area contributed by atoms with Crippen LogP contribution in [-0.4, -0.2) is 12.1 Å². The molecule has 0 aliphatic rings. The largest absolute Gasteiger partial charge is 0.497 e. The molecule has 3 aromatic rings. The molecule has 19 heavy (non-hydrogen) atoms. The summed E-state index contributed by atoms with van der Waals surface area (Å²) in [6, 6.07) is 18.0. The lowest BCUT2D eigenvalue weighted by molar-refractivity contribution is 0.415. The molecular weight excluding hydrogens is 236 g/mol. The van der Waals surface area contributed by atoms with Crippen LogP contribution in [0.2, 0.25) is 0 Å². The highest BCUT2D eigenvalue weighted by Gasteiger charge is 1.98. The van der Waals surface area contributed by atoms with Gasteiger partial charge in [0.2, 0.25) is 0 Å². The summed E-state index contributed by atoms with van der Waals surface area (Å²) in [6.07, 6.45) is 1.80. The number of hydrogen-bond acceptors (Lipinski definition) is 3. The van der Waals surface area contributed by atoms with E-state index in [1.807, 2.05) is 42.5 Å². The van der Waals surface area contributed by atoms with E-state index in [1.165, 1.54) is 0 Å². The second-order valence-corrected chi connectivity index (χ2v) is 4.26. The lowest BCUT2D eigenvalue weighted by atomic mass is 10.2. The van der Waals surface area contributed by atoms with Crippen molar-refractivity contribution in [2.24, 2.45) is 0 Å². The topological polar surface area (TPSA) is 34.1 Å². The van der Waals surface area contributed by atoms with Crippen molar-refractivity contribution in [1.82, 2.24) is 4.98 Å². The van der Waals surface area contributed by atoms with E-state index in [4.69, 9.17) is 4.74 Å². The summed E-state index contributed by atoms with van der Waals surface area (Å²) in [6.45, 7) is 0. The van der Waals surface area contributed by atoms with Crippen molar-refractivity contribution in [3.63, 3.8) is 0 Å². The number of anilines is 2. The SMILES string of the molecule is COc1ccc(Nc2ccc3ncccc3c2)cc1. The Morgan fingerprint density at radius 2 is 1.74 bits per heavy atom. The standard InChI is InChI=1S/C16H14N2O/c1-19-15-7-4-13(5-8-15)18-14-6-9-16-12(11-14)3-2-10-17-16/h2-11,18H,1H3. The highest BCUT2D eigenvalue weighted by Crippen LogP contribution is 2.22. The van der Waals surface area contributed by atoms with Crippen LogP contribution in [0.1, 0.15) is 0 Å². The summed E-state index contributed by atoms with van der Waals surface area (Å²) in [5.74, 6) is 0.855. The van der Waals surface area contributed by atoms with Gasteiger partial charge in [-0.05, 0) is 48.5 Å². The average molecular weight is 250 g/mol. The second-order valence-electron chi connectivity index (χ2n) is 4.26. The molecule has 1 heterocycles. The Hall–Kier alpha value is -2.55. The number of fused-ring (bicyclic) bond motifs is 1. The molecule has 0 atom stereocenters. The van der Waals surface area contributed by atoms with Crippen LogP contribution in [-0.2, 0) is 0 Å². The summed E-state index contributed by atoms with van der Waals surface area (Å²) < 4.78 is 5.14. The van der Waals surface area contributed by atoms with Crippen LogP contribution in [0, 0.1) is 0 Å². The van der Waals surface area contributed by atoms with Crippen molar-refractivity contribution in [3.8, 4) is 5.75 Å². The minimum Gasteiger partial charge on any atom is -0.497 e. The number of methoxy groups -OCH3 is 1. The Kier molecular flexibility index (Phi) is 3.02. The smallest absolute Gasteiger partial charge is 0.119 e. The van der Waals surface area contributed by atoms with Crippen LogP contribution in [0.4, 0.5) is 11.4 Å². The highest BCUT2D eigenvalue weighted by molar-refractivity contribution is 5.83. The fourth-order valence-electron chi connectivity index (χ4n) is 1.99. The van der Waals surface area contributed by atoms with Gasteiger partial charge in [-0.3, -0.25) is 4.98 Å². The number of ether oxygens (including phenoxy) is 1. The van der Waals surface area contributed by atoms with E-state index in [2.05, 4.69) is 22.4 Å². The lowest BCUT2D eigenvalue weighted by Crippen LogP contribution is -1.91. The maximum atomic E-state index is 5.14. The molecule has 0 fully saturated rings. The quantitative estimate of drug-likeness (QED) is 0.763. The van der Waals surface area contributed by atoms with E-state index in [9.17, 15) is 0 Å². The van der Waals surface area contributed by atoms with Crippen molar-refractivity contribution >= 4 is 22.3 Å². The molecule has 0 amide bonds. The Bertz CT molecular complexity index is 692. The van der Waals surface area contributed by atoms with Crippen molar-refractivity contribution < 1.29 is 4.74 Å². The predicted octanol–water partition coefficient (Wildman–Crippen LogP) is 3.99. The van der Waals surface area contributed by atoms with Gasteiger partial charge in [0.05, 0.1) is 12.6 Å². The molecule has 1 aromatic heterocycles. The number of aromatic nitrogens is 1. The predicted molar refractivity (Wildman–Crippen MR) is 78.0 cm³/mol. The fourth-order valence-corrected chi connectivity index (χ4v) is 1.99. The Morgan fingerprint density at radius 1 is 0.947 bits per heavy atom. The minimum absolute atomic E-state index is 0.855. The van der Waals surface area contributed by atoms with Gasteiger partial charge in [-0.2, -0.15) is 0 Å². The van der Waals surface area contributed by atoms with Crippen LogP contribution < -0.4 is 10.1 Å². The third-order valence-electron chi connectivity index (χ3n) is 2.98. The number of nitrogens with zero attached hydrogens (tertiary/aromatic N) is 1. The van der Waals surface area contributed by atoms with E-state index in [1.54, 1.807) is 13.3 Å². The van der Waals surface area contributed by atoms with Crippen LogP contribution in [0.25, 0.3) is 10.9 Å². The third-order valence-corrected chi connectivity index (χ3v) is 2.98. The van der Waals surface area contributed by atoms with Crippen molar-refractivity contribution in [2.45, 2.75) is 0 Å². The number of hydrogen-bond donors (Lipinski definition) is 1. The van der Waals surface area contributed by atoms with Gasteiger partial charge in [-0.15, -0.1) is 0 Å². The molecule has 0 saturated heterocycles. The molecule has 0 bridgehead atoms. The van der Waals surface area contributed by atoms with Gasteiger partial charge in [0.1, 0.15) is 5.75 Å². The molecule has 0 aliphatic carbocycles. The first-order chi connectivity index (χ1) is 9.35. The molecule has 2 aromatic carbocycles. The zero-order valence-corrected chi connectivity index (χ0v) is 10.6. The molecule has 0 radical (unpaired) electrons. The maximum Gasteiger partial charge on any atom is 0.119 e. The summed E-state index contributed by atoms with van der Waals surface area (Å²) in [5.41, 5.74) is 3.08. The van der Waals surface area contributed by atoms with Gasteiger partial charge < -0.3 is 10.1 Å². The van der Waals surface area contributed by atoms with Crippen LogP contribution in [0.3, 0.4) is 0 Å². The van der Waals surface area contributed by atoms with Crippen LogP contribution in [0.5, 0.6) is 5.75 Å². The number of nitrogens with one attached hydrogen (secondary N) is 1. The first kappa shape index (κ1) is 11.5. The molecule has 3 nitrogen and oxygen atoms in total. The normalized spacial score (nSPS) is 10.4. The second kappa shape index (κ2) is 4.98. The van der Waals surface area contributed by atoms with Gasteiger partial charge in [-0.1, -0.05) is 6.07 Å². The minimum atomic E-state index is 0.855. The zero-order valence-electron chi connectivity index (χ0n) is 10.6. The fraction of sp³-hybridized carbons (Fsp3) is 0.0625. The van der Waals surface area contributed by atoms with Crippen molar-refractivity contribution in [1.29, 1.82) is 0 Å².